The molecule has 1 aromatic carbocycles. The molecule has 112 valence electrons. The molecule has 0 aromatic heterocycles. The Morgan fingerprint density at radius 2 is 2.14 bits per heavy atom. The summed E-state index contributed by atoms with van der Waals surface area (Å²) in [5.74, 6) is -0.0463. The number of methoxy groups -OCH3 is 1. The van der Waals surface area contributed by atoms with E-state index in [1.807, 2.05) is 6.07 Å². The van der Waals surface area contributed by atoms with Crippen LogP contribution in [0, 0.1) is 11.3 Å². The summed E-state index contributed by atoms with van der Waals surface area (Å²) in [5, 5.41) is 23.6. The van der Waals surface area contributed by atoms with E-state index in [9.17, 15) is 4.79 Å². The average molecular weight is 289 g/mol. The Bertz CT molecular complexity index is 574. The Kier molecular flexibility index (Phi) is 5.76. The van der Waals surface area contributed by atoms with E-state index < -0.39 is 11.4 Å². The molecule has 0 aliphatic heterocycles. The molecule has 0 spiro atoms. The van der Waals surface area contributed by atoms with Gasteiger partial charge in [-0.15, -0.1) is 0 Å². The first kappa shape index (κ1) is 16.5. The second kappa shape index (κ2) is 7.31. The molecule has 3 N–H and O–H groups in total. The van der Waals surface area contributed by atoms with E-state index in [2.05, 4.69) is 10.6 Å². The van der Waals surface area contributed by atoms with Crippen LogP contribution in [0.4, 0.5) is 5.69 Å². The number of hydrogen-bond donors (Lipinski definition) is 3. The van der Waals surface area contributed by atoms with Gasteiger partial charge in [-0.25, -0.2) is 0 Å². The molecular formula is C15H19N3O3. The van der Waals surface area contributed by atoms with Gasteiger partial charge in [-0.05, 0) is 26.0 Å². The molecule has 0 saturated carbocycles. The van der Waals surface area contributed by atoms with Crippen molar-refractivity contribution in [3.8, 4) is 11.8 Å². The van der Waals surface area contributed by atoms with Gasteiger partial charge in [0.2, 0.25) is 0 Å². The molecule has 1 amide bonds. The minimum Gasteiger partial charge on any atom is -0.495 e. The predicted octanol–water partition coefficient (Wildman–Crippen LogP) is 1.40. The van der Waals surface area contributed by atoms with Crippen LogP contribution >= 0.6 is 0 Å². The van der Waals surface area contributed by atoms with Gasteiger partial charge in [0.25, 0.3) is 5.91 Å². The van der Waals surface area contributed by atoms with Crippen LogP contribution in [-0.2, 0) is 4.79 Å². The summed E-state index contributed by atoms with van der Waals surface area (Å²) in [5.41, 5.74) is -0.234. The zero-order chi connectivity index (χ0) is 15.9. The molecule has 6 heteroatoms. The normalized spacial score (nSPS) is 11.5. The van der Waals surface area contributed by atoms with Crippen molar-refractivity contribution in [1.82, 2.24) is 5.32 Å². The van der Waals surface area contributed by atoms with Crippen molar-refractivity contribution in [3.05, 3.63) is 36.0 Å². The summed E-state index contributed by atoms with van der Waals surface area (Å²) in [6.45, 7) is 3.36. The lowest BCUT2D eigenvalue weighted by molar-refractivity contribution is -0.112. The van der Waals surface area contributed by atoms with Gasteiger partial charge >= 0.3 is 0 Å². The number of aliphatic hydroxyl groups is 1. The van der Waals surface area contributed by atoms with Gasteiger partial charge in [0, 0.05) is 6.20 Å². The smallest absolute Gasteiger partial charge is 0.267 e. The van der Waals surface area contributed by atoms with Crippen molar-refractivity contribution in [1.29, 1.82) is 5.26 Å². The molecule has 0 fully saturated rings. The highest BCUT2D eigenvalue weighted by Gasteiger charge is 2.16. The van der Waals surface area contributed by atoms with E-state index in [0.717, 1.165) is 0 Å². The molecule has 1 aromatic rings. The lowest BCUT2D eigenvalue weighted by Crippen LogP contribution is -2.39. The number of nitriles is 1. The number of carbonyl (C=O) groups excluding carboxylic acids is 1. The third kappa shape index (κ3) is 4.82. The van der Waals surface area contributed by atoms with Crippen LogP contribution < -0.4 is 15.4 Å². The van der Waals surface area contributed by atoms with Gasteiger partial charge in [0.1, 0.15) is 17.4 Å². The van der Waals surface area contributed by atoms with E-state index in [-0.39, 0.29) is 12.2 Å². The third-order valence-electron chi connectivity index (χ3n) is 2.72. The lowest BCUT2D eigenvalue weighted by atomic mass is 10.1. The molecule has 0 bridgehead atoms. The molecule has 21 heavy (non-hydrogen) atoms. The van der Waals surface area contributed by atoms with Gasteiger partial charge in [0.05, 0.1) is 24.9 Å². The number of para-hydroxylation sites is 2. The maximum absolute atomic E-state index is 12.1. The van der Waals surface area contributed by atoms with Gasteiger partial charge in [-0.3, -0.25) is 4.79 Å². The highest BCUT2D eigenvalue weighted by Crippen LogP contribution is 2.23. The van der Waals surface area contributed by atoms with Crippen LogP contribution in [0.1, 0.15) is 13.8 Å². The second-order valence-electron chi connectivity index (χ2n) is 5.01. The van der Waals surface area contributed by atoms with Gasteiger partial charge in [-0.1, -0.05) is 12.1 Å². The van der Waals surface area contributed by atoms with E-state index >= 15 is 0 Å². The average Bonchev–Trinajstić information content (AvgIpc) is 2.48. The summed E-state index contributed by atoms with van der Waals surface area (Å²) < 4.78 is 5.13. The minimum atomic E-state index is -0.618. The number of benzene rings is 1. The number of rotatable bonds is 6. The number of ether oxygens (including phenoxy) is 1. The maximum atomic E-state index is 12.1. The van der Waals surface area contributed by atoms with E-state index in [0.29, 0.717) is 11.4 Å². The quantitative estimate of drug-likeness (QED) is 0.543. The Labute approximate surface area is 124 Å². The van der Waals surface area contributed by atoms with Crippen molar-refractivity contribution in [2.75, 3.05) is 19.0 Å². The van der Waals surface area contributed by atoms with Crippen molar-refractivity contribution < 1.29 is 14.6 Å². The van der Waals surface area contributed by atoms with Crippen molar-refractivity contribution in [2.24, 2.45) is 0 Å². The number of amides is 1. The van der Waals surface area contributed by atoms with Crippen LogP contribution in [0.5, 0.6) is 5.75 Å². The summed E-state index contributed by atoms with van der Waals surface area (Å²) in [7, 11) is 1.50. The molecule has 0 heterocycles. The second-order valence-corrected chi connectivity index (χ2v) is 5.01. The van der Waals surface area contributed by atoms with E-state index in [4.69, 9.17) is 15.1 Å². The SMILES string of the molecule is COc1ccccc1NC(=O)/C(C#N)=C\NC(C)(C)CO. The highest BCUT2D eigenvalue weighted by molar-refractivity contribution is 6.07. The minimum absolute atomic E-state index is 0.0950. The van der Waals surface area contributed by atoms with Crippen molar-refractivity contribution in [2.45, 2.75) is 19.4 Å². The first-order valence-corrected chi connectivity index (χ1v) is 6.36. The number of hydrogen-bond acceptors (Lipinski definition) is 5. The Morgan fingerprint density at radius 1 is 1.48 bits per heavy atom. The molecular weight excluding hydrogens is 270 g/mol. The first-order chi connectivity index (χ1) is 9.93. The Balaban J connectivity index is 2.86. The number of anilines is 1. The maximum Gasteiger partial charge on any atom is 0.267 e. The zero-order valence-corrected chi connectivity index (χ0v) is 12.3. The molecule has 0 aliphatic carbocycles. The molecule has 6 nitrogen and oxygen atoms in total. The lowest BCUT2D eigenvalue weighted by Gasteiger charge is -2.22. The molecule has 0 saturated heterocycles. The number of aliphatic hydroxyl groups excluding tert-OH is 1. The van der Waals surface area contributed by atoms with Crippen LogP contribution in [0.25, 0.3) is 0 Å². The standard InChI is InChI=1S/C15H19N3O3/c1-15(2,10-19)17-9-11(8-16)14(20)18-12-6-4-5-7-13(12)21-3/h4-7,9,17,19H,10H2,1-3H3,(H,18,20)/b11-9-. The fourth-order valence-electron chi connectivity index (χ4n) is 1.40. The number of nitrogens with zero attached hydrogens (tertiary/aromatic N) is 1. The topological polar surface area (TPSA) is 94.4 Å². The summed E-state index contributed by atoms with van der Waals surface area (Å²) in [6, 6.07) is 8.73. The third-order valence-corrected chi connectivity index (χ3v) is 2.72. The van der Waals surface area contributed by atoms with Crippen LogP contribution in [0.15, 0.2) is 36.0 Å². The number of nitrogens with one attached hydrogen (secondary N) is 2. The molecule has 1 rings (SSSR count). The summed E-state index contributed by atoms with van der Waals surface area (Å²) in [6.07, 6.45) is 1.29. The Hall–Kier alpha value is -2.52. The van der Waals surface area contributed by atoms with Crippen molar-refractivity contribution in [3.63, 3.8) is 0 Å². The fraction of sp³-hybridized carbons (Fsp3) is 0.333. The van der Waals surface area contributed by atoms with Crippen LogP contribution in [0.2, 0.25) is 0 Å². The Morgan fingerprint density at radius 3 is 2.71 bits per heavy atom. The van der Waals surface area contributed by atoms with Crippen molar-refractivity contribution >= 4 is 11.6 Å². The molecule has 0 radical (unpaired) electrons. The molecule has 0 unspecified atom stereocenters. The van der Waals surface area contributed by atoms with E-state index in [1.165, 1.54) is 13.3 Å². The summed E-state index contributed by atoms with van der Waals surface area (Å²) >= 11 is 0. The fourth-order valence-corrected chi connectivity index (χ4v) is 1.40. The highest BCUT2D eigenvalue weighted by atomic mass is 16.5. The van der Waals surface area contributed by atoms with Gasteiger partial charge in [-0.2, -0.15) is 5.26 Å². The van der Waals surface area contributed by atoms with Crippen LogP contribution in [0.3, 0.4) is 0 Å². The van der Waals surface area contributed by atoms with Crippen LogP contribution in [-0.4, -0.2) is 30.3 Å². The number of carbonyl (C=O) groups is 1. The van der Waals surface area contributed by atoms with E-state index in [1.54, 1.807) is 38.1 Å². The first-order valence-electron chi connectivity index (χ1n) is 6.36. The zero-order valence-electron chi connectivity index (χ0n) is 12.3. The largest absolute Gasteiger partial charge is 0.495 e. The monoisotopic (exact) mass is 289 g/mol. The molecule has 0 aliphatic rings. The summed E-state index contributed by atoms with van der Waals surface area (Å²) in [4.78, 5) is 12.1. The predicted molar refractivity (Wildman–Crippen MR) is 79.6 cm³/mol. The molecule has 0 atom stereocenters. The van der Waals surface area contributed by atoms with Gasteiger partial charge < -0.3 is 20.5 Å². The van der Waals surface area contributed by atoms with Gasteiger partial charge in [0.15, 0.2) is 0 Å².